The van der Waals surface area contributed by atoms with E-state index in [0.717, 1.165) is 22.4 Å². The van der Waals surface area contributed by atoms with Crippen molar-refractivity contribution in [1.29, 1.82) is 0 Å². The lowest BCUT2D eigenvalue weighted by atomic mass is 9.82. The third kappa shape index (κ3) is 2.56. The molecular weight excluding hydrogens is 246 g/mol. The van der Waals surface area contributed by atoms with E-state index < -0.39 is 5.54 Å². The predicted octanol–water partition coefficient (Wildman–Crippen LogP) is 3.84. The van der Waals surface area contributed by atoms with Gasteiger partial charge in [-0.25, -0.2) is 0 Å². The van der Waals surface area contributed by atoms with E-state index in [9.17, 15) is 0 Å². The molecule has 0 saturated carbocycles. The Kier molecular flexibility index (Phi) is 3.87. The predicted molar refractivity (Wildman–Crippen MR) is 84.3 cm³/mol. The van der Waals surface area contributed by atoms with Gasteiger partial charge in [0.05, 0.1) is 12.6 Å². The van der Waals surface area contributed by atoms with Crippen molar-refractivity contribution in [2.75, 3.05) is 7.11 Å². The first-order valence-electron chi connectivity index (χ1n) is 6.88. The number of hydrogen-bond acceptors (Lipinski definition) is 2. The summed E-state index contributed by atoms with van der Waals surface area (Å²) in [6.07, 6.45) is 0. The SMILES string of the molecule is COc1cc(C)cc(C)c1C(C)(N)c1ccc(C)cc1. The van der Waals surface area contributed by atoms with Crippen LogP contribution in [0.4, 0.5) is 0 Å². The van der Waals surface area contributed by atoms with E-state index in [1.807, 2.05) is 13.0 Å². The zero-order valence-corrected chi connectivity index (χ0v) is 12.9. The quantitative estimate of drug-likeness (QED) is 0.918. The normalized spacial score (nSPS) is 13.9. The minimum absolute atomic E-state index is 0.573. The molecule has 1 atom stereocenters. The Labute approximate surface area is 121 Å². The summed E-state index contributed by atoms with van der Waals surface area (Å²) in [4.78, 5) is 0. The van der Waals surface area contributed by atoms with Crippen molar-refractivity contribution in [1.82, 2.24) is 0 Å². The first kappa shape index (κ1) is 14.6. The second-order valence-corrected chi connectivity index (χ2v) is 5.73. The van der Waals surface area contributed by atoms with E-state index in [0.29, 0.717) is 0 Å². The van der Waals surface area contributed by atoms with Crippen LogP contribution in [0, 0.1) is 20.8 Å². The van der Waals surface area contributed by atoms with Crippen LogP contribution in [0.3, 0.4) is 0 Å². The van der Waals surface area contributed by atoms with E-state index >= 15 is 0 Å². The van der Waals surface area contributed by atoms with Gasteiger partial charge in [0, 0.05) is 5.56 Å². The van der Waals surface area contributed by atoms with Gasteiger partial charge in [0.15, 0.2) is 0 Å². The fourth-order valence-corrected chi connectivity index (χ4v) is 2.80. The van der Waals surface area contributed by atoms with Gasteiger partial charge >= 0.3 is 0 Å². The number of methoxy groups -OCH3 is 1. The zero-order valence-electron chi connectivity index (χ0n) is 12.9. The lowest BCUT2D eigenvalue weighted by Gasteiger charge is -2.30. The van der Waals surface area contributed by atoms with Crippen LogP contribution in [0.1, 0.15) is 34.7 Å². The van der Waals surface area contributed by atoms with Crippen molar-refractivity contribution in [2.45, 2.75) is 33.2 Å². The molecule has 2 aromatic rings. The highest BCUT2D eigenvalue weighted by molar-refractivity contribution is 5.51. The minimum Gasteiger partial charge on any atom is -0.496 e. The highest BCUT2D eigenvalue weighted by atomic mass is 16.5. The lowest BCUT2D eigenvalue weighted by molar-refractivity contribution is 0.397. The summed E-state index contributed by atoms with van der Waals surface area (Å²) in [6.45, 7) is 8.27. The van der Waals surface area contributed by atoms with Gasteiger partial charge in [-0.15, -0.1) is 0 Å². The van der Waals surface area contributed by atoms with Crippen molar-refractivity contribution in [3.8, 4) is 5.75 Å². The molecule has 0 aliphatic rings. The van der Waals surface area contributed by atoms with Crippen LogP contribution in [0.15, 0.2) is 36.4 Å². The third-order valence-corrected chi connectivity index (χ3v) is 3.83. The Hall–Kier alpha value is -1.80. The molecule has 0 bridgehead atoms. The highest BCUT2D eigenvalue weighted by Gasteiger charge is 2.29. The zero-order chi connectivity index (χ0) is 14.9. The smallest absolute Gasteiger partial charge is 0.124 e. The topological polar surface area (TPSA) is 35.2 Å². The fraction of sp³-hybridized carbons (Fsp3) is 0.333. The summed E-state index contributed by atoms with van der Waals surface area (Å²) in [5.74, 6) is 0.855. The number of aryl methyl sites for hydroxylation is 3. The molecule has 106 valence electrons. The van der Waals surface area contributed by atoms with E-state index in [1.165, 1.54) is 11.1 Å². The van der Waals surface area contributed by atoms with E-state index in [-0.39, 0.29) is 0 Å². The van der Waals surface area contributed by atoms with Crippen LogP contribution in [0.2, 0.25) is 0 Å². The van der Waals surface area contributed by atoms with Crippen molar-refractivity contribution < 1.29 is 4.74 Å². The minimum atomic E-state index is -0.573. The Morgan fingerprint density at radius 3 is 2.10 bits per heavy atom. The van der Waals surface area contributed by atoms with Crippen LogP contribution < -0.4 is 10.5 Å². The Morgan fingerprint density at radius 2 is 1.55 bits per heavy atom. The summed E-state index contributed by atoms with van der Waals surface area (Å²) in [7, 11) is 1.70. The van der Waals surface area contributed by atoms with Gasteiger partial charge in [-0.05, 0) is 50.5 Å². The summed E-state index contributed by atoms with van der Waals surface area (Å²) in [5, 5.41) is 0. The lowest BCUT2D eigenvalue weighted by Crippen LogP contribution is -2.35. The first-order chi connectivity index (χ1) is 9.36. The standard InChI is InChI=1S/C18H23NO/c1-12-6-8-15(9-7-12)18(4,19)17-14(3)10-13(2)11-16(17)20-5/h6-11H,19H2,1-5H3. The largest absolute Gasteiger partial charge is 0.496 e. The van der Waals surface area contributed by atoms with E-state index in [1.54, 1.807) is 7.11 Å². The van der Waals surface area contributed by atoms with E-state index in [4.69, 9.17) is 10.5 Å². The Morgan fingerprint density at radius 1 is 0.950 bits per heavy atom. The van der Waals surface area contributed by atoms with Gasteiger partial charge in [-0.1, -0.05) is 35.9 Å². The molecule has 0 aliphatic carbocycles. The van der Waals surface area contributed by atoms with Crippen molar-refractivity contribution in [2.24, 2.45) is 5.73 Å². The molecule has 0 fully saturated rings. The molecule has 0 radical (unpaired) electrons. The van der Waals surface area contributed by atoms with Gasteiger partial charge in [0.2, 0.25) is 0 Å². The molecule has 0 aliphatic heterocycles. The van der Waals surface area contributed by atoms with Crippen molar-refractivity contribution in [3.63, 3.8) is 0 Å². The van der Waals surface area contributed by atoms with Crippen LogP contribution in [-0.2, 0) is 5.54 Å². The maximum absolute atomic E-state index is 6.66. The van der Waals surface area contributed by atoms with E-state index in [2.05, 4.69) is 51.1 Å². The monoisotopic (exact) mass is 269 g/mol. The van der Waals surface area contributed by atoms with Crippen LogP contribution in [0.5, 0.6) is 5.75 Å². The first-order valence-corrected chi connectivity index (χ1v) is 6.88. The maximum atomic E-state index is 6.66. The number of rotatable bonds is 3. The second kappa shape index (κ2) is 5.29. The summed E-state index contributed by atoms with van der Waals surface area (Å²) in [6, 6.07) is 12.6. The third-order valence-electron chi connectivity index (χ3n) is 3.83. The molecule has 2 nitrogen and oxygen atoms in total. The molecule has 0 saturated heterocycles. The number of nitrogens with two attached hydrogens (primary N) is 1. The van der Waals surface area contributed by atoms with Crippen molar-refractivity contribution >= 4 is 0 Å². The number of benzene rings is 2. The van der Waals surface area contributed by atoms with Crippen LogP contribution in [-0.4, -0.2) is 7.11 Å². The van der Waals surface area contributed by atoms with Gasteiger partial charge in [-0.3, -0.25) is 0 Å². The van der Waals surface area contributed by atoms with Gasteiger partial charge in [-0.2, -0.15) is 0 Å². The second-order valence-electron chi connectivity index (χ2n) is 5.73. The molecule has 0 aromatic heterocycles. The highest BCUT2D eigenvalue weighted by Crippen LogP contribution is 2.36. The molecule has 0 spiro atoms. The number of hydrogen-bond donors (Lipinski definition) is 1. The van der Waals surface area contributed by atoms with Crippen LogP contribution >= 0.6 is 0 Å². The average Bonchev–Trinajstić information content (AvgIpc) is 2.37. The number of ether oxygens (including phenoxy) is 1. The molecule has 2 N–H and O–H groups in total. The average molecular weight is 269 g/mol. The van der Waals surface area contributed by atoms with Gasteiger partial charge < -0.3 is 10.5 Å². The molecular formula is C18H23NO. The van der Waals surface area contributed by atoms with Crippen molar-refractivity contribution in [3.05, 3.63) is 64.2 Å². The molecule has 2 rings (SSSR count). The maximum Gasteiger partial charge on any atom is 0.124 e. The summed E-state index contributed by atoms with van der Waals surface area (Å²) >= 11 is 0. The fourth-order valence-electron chi connectivity index (χ4n) is 2.80. The Balaban J connectivity index is 2.62. The molecule has 1 unspecified atom stereocenters. The molecule has 20 heavy (non-hydrogen) atoms. The molecule has 2 aromatic carbocycles. The van der Waals surface area contributed by atoms with Gasteiger partial charge in [0.1, 0.15) is 5.75 Å². The summed E-state index contributed by atoms with van der Waals surface area (Å²) < 4.78 is 5.56. The Bertz CT molecular complexity index is 612. The molecule has 0 heterocycles. The van der Waals surface area contributed by atoms with Crippen LogP contribution in [0.25, 0.3) is 0 Å². The summed E-state index contributed by atoms with van der Waals surface area (Å²) in [5.41, 5.74) is 11.8. The molecule has 0 amide bonds. The molecule has 2 heteroatoms. The van der Waals surface area contributed by atoms with Gasteiger partial charge in [0.25, 0.3) is 0 Å².